The second-order valence-corrected chi connectivity index (χ2v) is 3.39. The number of aliphatic hydroxyl groups excluding tert-OH is 1. The molecule has 2 aromatic heterocycles. The van der Waals surface area contributed by atoms with Crippen molar-refractivity contribution in [2.75, 3.05) is 6.61 Å². The molecule has 16 heavy (non-hydrogen) atoms. The van der Waals surface area contributed by atoms with Crippen LogP contribution in [0.15, 0.2) is 24.8 Å². The first-order valence-electron chi connectivity index (χ1n) is 4.96. The van der Waals surface area contributed by atoms with Crippen molar-refractivity contribution < 1.29 is 14.9 Å². The Kier molecular flexibility index (Phi) is 3.45. The van der Waals surface area contributed by atoms with Gasteiger partial charge in [-0.05, 0) is 6.07 Å². The molecule has 2 heterocycles. The molecule has 0 saturated heterocycles. The van der Waals surface area contributed by atoms with E-state index in [4.69, 9.17) is 14.9 Å². The van der Waals surface area contributed by atoms with Crippen molar-refractivity contribution in [1.82, 2.24) is 14.5 Å². The lowest BCUT2D eigenvalue weighted by Gasteiger charge is -2.07. The van der Waals surface area contributed by atoms with Crippen LogP contribution >= 0.6 is 0 Å². The molecule has 0 fully saturated rings. The van der Waals surface area contributed by atoms with Crippen molar-refractivity contribution in [2.24, 2.45) is 0 Å². The first kappa shape index (κ1) is 11.0. The minimum absolute atomic E-state index is 0.203. The summed E-state index contributed by atoms with van der Waals surface area (Å²) in [6.45, 7) is 0.635. The molecule has 0 aliphatic heterocycles. The summed E-state index contributed by atoms with van der Waals surface area (Å²) in [6.07, 6.45) is 3.96. The van der Waals surface area contributed by atoms with Crippen LogP contribution in [-0.4, -0.2) is 37.6 Å². The molecular formula is C10H13N3O3. The van der Waals surface area contributed by atoms with E-state index >= 15 is 0 Å². The third-order valence-corrected chi connectivity index (χ3v) is 2.18. The third-order valence-electron chi connectivity index (χ3n) is 2.18. The van der Waals surface area contributed by atoms with E-state index in [2.05, 4.69) is 9.97 Å². The normalized spacial score (nSPS) is 11.4. The number of rotatable bonds is 5. The van der Waals surface area contributed by atoms with Crippen molar-refractivity contribution in [3.63, 3.8) is 0 Å². The lowest BCUT2D eigenvalue weighted by molar-refractivity contribution is -0.0662. The smallest absolute Gasteiger partial charge is 0.153 e. The largest absolute Gasteiger partial charge is 0.368 e. The van der Waals surface area contributed by atoms with Crippen molar-refractivity contribution in [3.05, 3.63) is 24.8 Å². The predicted molar refractivity (Wildman–Crippen MR) is 56.3 cm³/mol. The number of aliphatic hydroxyl groups is 2. The summed E-state index contributed by atoms with van der Waals surface area (Å²) >= 11 is 0. The van der Waals surface area contributed by atoms with Gasteiger partial charge in [0.15, 0.2) is 6.29 Å². The fourth-order valence-corrected chi connectivity index (χ4v) is 1.39. The summed E-state index contributed by atoms with van der Waals surface area (Å²) in [5.41, 5.74) is 0.805. The molecule has 0 bridgehead atoms. The standard InChI is InChI=1S/C10H13N3O3/c14-9(15)2-4-16-7-13-3-1-8-5-11-6-12-10(8)13/h1,3,5-6,9,14-15H,2,4,7H2. The zero-order valence-corrected chi connectivity index (χ0v) is 8.65. The molecule has 6 nitrogen and oxygen atoms in total. The van der Waals surface area contributed by atoms with Gasteiger partial charge in [0.25, 0.3) is 0 Å². The van der Waals surface area contributed by atoms with E-state index in [1.165, 1.54) is 6.33 Å². The summed E-state index contributed by atoms with van der Waals surface area (Å²) in [7, 11) is 0. The highest BCUT2D eigenvalue weighted by atomic mass is 16.5. The van der Waals surface area contributed by atoms with E-state index in [0.29, 0.717) is 13.3 Å². The first-order chi connectivity index (χ1) is 7.77. The monoisotopic (exact) mass is 223 g/mol. The molecule has 2 rings (SSSR count). The van der Waals surface area contributed by atoms with Crippen LogP contribution in [0.25, 0.3) is 11.0 Å². The zero-order valence-electron chi connectivity index (χ0n) is 8.65. The highest BCUT2D eigenvalue weighted by Gasteiger charge is 2.02. The van der Waals surface area contributed by atoms with Gasteiger partial charge in [0.1, 0.15) is 18.7 Å². The minimum atomic E-state index is -1.32. The Labute approximate surface area is 92.1 Å². The van der Waals surface area contributed by atoms with Crippen LogP contribution < -0.4 is 0 Å². The van der Waals surface area contributed by atoms with Gasteiger partial charge in [-0.15, -0.1) is 0 Å². The number of aromatic nitrogens is 3. The highest BCUT2D eigenvalue weighted by molar-refractivity contribution is 5.74. The maximum absolute atomic E-state index is 8.63. The Bertz CT molecular complexity index is 455. The van der Waals surface area contributed by atoms with Gasteiger partial charge in [-0.25, -0.2) is 9.97 Å². The van der Waals surface area contributed by atoms with Gasteiger partial charge in [-0.3, -0.25) is 0 Å². The Hall–Kier alpha value is -1.50. The van der Waals surface area contributed by atoms with Gasteiger partial charge in [-0.2, -0.15) is 0 Å². The van der Waals surface area contributed by atoms with Gasteiger partial charge >= 0.3 is 0 Å². The highest BCUT2D eigenvalue weighted by Crippen LogP contribution is 2.10. The summed E-state index contributed by atoms with van der Waals surface area (Å²) in [6, 6.07) is 1.90. The van der Waals surface area contributed by atoms with E-state index in [1.54, 1.807) is 6.20 Å². The number of nitrogens with zero attached hydrogens (tertiary/aromatic N) is 3. The fraction of sp³-hybridized carbons (Fsp3) is 0.400. The average molecular weight is 223 g/mol. The van der Waals surface area contributed by atoms with E-state index < -0.39 is 6.29 Å². The van der Waals surface area contributed by atoms with Crippen LogP contribution in [0.1, 0.15) is 6.42 Å². The molecule has 0 aliphatic carbocycles. The molecule has 0 spiro atoms. The minimum Gasteiger partial charge on any atom is -0.368 e. The molecule has 6 heteroatoms. The molecule has 0 saturated carbocycles. The molecule has 0 amide bonds. The Morgan fingerprint density at radius 1 is 1.44 bits per heavy atom. The second-order valence-electron chi connectivity index (χ2n) is 3.39. The SMILES string of the molecule is OC(O)CCOCn1ccc2cncnc21. The van der Waals surface area contributed by atoms with Crippen LogP contribution in [0.3, 0.4) is 0 Å². The van der Waals surface area contributed by atoms with E-state index in [9.17, 15) is 0 Å². The Morgan fingerprint density at radius 3 is 3.12 bits per heavy atom. The van der Waals surface area contributed by atoms with Gasteiger partial charge in [0, 0.05) is 24.2 Å². The zero-order chi connectivity index (χ0) is 11.4. The van der Waals surface area contributed by atoms with Crippen molar-refractivity contribution in [1.29, 1.82) is 0 Å². The molecule has 0 unspecified atom stereocenters. The van der Waals surface area contributed by atoms with Gasteiger partial charge in [-0.1, -0.05) is 0 Å². The molecule has 0 aliphatic rings. The molecule has 0 radical (unpaired) electrons. The maximum atomic E-state index is 8.63. The van der Waals surface area contributed by atoms with Crippen molar-refractivity contribution in [3.8, 4) is 0 Å². The third kappa shape index (κ3) is 2.54. The Morgan fingerprint density at radius 2 is 2.31 bits per heavy atom. The van der Waals surface area contributed by atoms with E-state index in [-0.39, 0.29) is 6.42 Å². The molecule has 2 N–H and O–H groups in total. The number of ether oxygens (including phenoxy) is 1. The van der Waals surface area contributed by atoms with Crippen LogP contribution in [0.2, 0.25) is 0 Å². The van der Waals surface area contributed by atoms with Crippen LogP contribution in [0.4, 0.5) is 0 Å². The topological polar surface area (TPSA) is 80.4 Å². The maximum Gasteiger partial charge on any atom is 0.153 e. The van der Waals surface area contributed by atoms with Crippen molar-refractivity contribution in [2.45, 2.75) is 19.4 Å². The average Bonchev–Trinajstić information content (AvgIpc) is 2.68. The van der Waals surface area contributed by atoms with Gasteiger partial charge < -0.3 is 19.5 Å². The van der Waals surface area contributed by atoms with Gasteiger partial charge in [0.05, 0.1) is 6.61 Å². The molecule has 86 valence electrons. The van der Waals surface area contributed by atoms with Crippen LogP contribution in [0, 0.1) is 0 Å². The van der Waals surface area contributed by atoms with Crippen LogP contribution in [0.5, 0.6) is 0 Å². The van der Waals surface area contributed by atoms with Gasteiger partial charge in [0.2, 0.25) is 0 Å². The number of fused-ring (bicyclic) bond motifs is 1. The lowest BCUT2D eigenvalue weighted by atomic mass is 10.4. The van der Waals surface area contributed by atoms with E-state index in [1.807, 2.05) is 16.8 Å². The summed E-state index contributed by atoms with van der Waals surface area (Å²) < 4.78 is 7.11. The van der Waals surface area contributed by atoms with Crippen molar-refractivity contribution >= 4 is 11.0 Å². The predicted octanol–water partition coefficient (Wildman–Crippen LogP) is 0.106. The second kappa shape index (κ2) is 5.02. The summed E-state index contributed by atoms with van der Waals surface area (Å²) in [4.78, 5) is 8.04. The molecule has 0 aromatic carbocycles. The summed E-state index contributed by atoms with van der Waals surface area (Å²) in [5, 5.41) is 18.2. The first-order valence-corrected chi connectivity index (χ1v) is 4.96. The molecular weight excluding hydrogens is 210 g/mol. The number of hydrogen-bond acceptors (Lipinski definition) is 5. The lowest BCUT2D eigenvalue weighted by Crippen LogP contribution is -2.10. The Balaban J connectivity index is 1.94. The summed E-state index contributed by atoms with van der Waals surface area (Å²) in [5.74, 6) is 0. The quantitative estimate of drug-likeness (QED) is 0.555. The van der Waals surface area contributed by atoms with E-state index in [0.717, 1.165) is 11.0 Å². The fourth-order valence-electron chi connectivity index (χ4n) is 1.39. The number of hydrogen-bond donors (Lipinski definition) is 2. The van der Waals surface area contributed by atoms with Crippen LogP contribution in [-0.2, 0) is 11.5 Å². The molecule has 0 atom stereocenters. The molecule has 2 aromatic rings.